The molecular formula is C55H89N7O13Si. The lowest BCUT2D eigenvalue weighted by Gasteiger charge is -2.33. The van der Waals surface area contributed by atoms with Gasteiger partial charge in [-0.3, -0.25) is 24.0 Å². The van der Waals surface area contributed by atoms with Crippen LogP contribution >= 0.6 is 0 Å². The van der Waals surface area contributed by atoms with Crippen LogP contribution in [0.15, 0.2) is 53.6 Å². The molecule has 21 heteroatoms. The van der Waals surface area contributed by atoms with Crippen molar-refractivity contribution in [3.63, 3.8) is 0 Å². The van der Waals surface area contributed by atoms with Crippen LogP contribution in [-0.2, 0) is 58.9 Å². The molecule has 2 rings (SSSR count). The highest BCUT2D eigenvalue weighted by Crippen LogP contribution is 2.27. The van der Waals surface area contributed by atoms with Crippen LogP contribution in [0.2, 0.25) is 25.7 Å². The Morgan fingerprint density at radius 1 is 0.855 bits per heavy atom. The molecule has 0 fully saturated rings. The fourth-order valence-electron chi connectivity index (χ4n) is 7.95. The number of cyclic esters (lactones) is 2. The zero-order chi connectivity index (χ0) is 57.8. The monoisotopic (exact) mass is 1080 g/mol. The smallest absolute Gasteiger partial charge is 0.409 e. The molecule has 1 heterocycles. The molecule has 20 nitrogen and oxygen atoms in total. The molecule has 3 N–H and O–H groups in total. The van der Waals surface area contributed by atoms with E-state index < -0.39 is 123 Å². The molecule has 1 aromatic rings. The Hall–Kier alpha value is -6.25. The van der Waals surface area contributed by atoms with Gasteiger partial charge < -0.3 is 54.5 Å². The van der Waals surface area contributed by atoms with Gasteiger partial charge in [0.15, 0.2) is 6.10 Å². The third kappa shape index (κ3) is 21.4. The van der Waals surface area contributed by atoms with E-state index in [0.29, 0.717) is 17.6 Å². The van der Waals surface area contributed by atoms with Crippen LogP contribution in [0.1, 0.15) is 94.1 Å². The largest absolute Gasteiger partial charge is 0.456 e. The van der Waals surface area contributed by atoms with Crippen molar-refractivity contribution in [2.45, 2.75) is 163 Å². The van der Waals surface area contributed by atoms with Crippen molar-refractivity contribution in [2.24, 2.45) is 17.8 Å². The number of carbonyl (C=O) groups is 9. The number of esters is 2. The fraction of sp³-hybridized carbons (Fsp3) is 0.655. The summed E-state index contributed by atoms with van der Waals surface area (Å²) >= 11 is 0. The Morgan fingerprint density at radius 2 is 1.45 bits per heavy atom. The number of likely N-dealkylation sites (N-methyl/N-ethyl adjacent to an activating group) is 4. The first kappa shape index (κ1) is 65.9. The minimum absolute atomic E-state index is 0.0538. The number of benzene rings is 1. The number of hydrogen-bond donors (Lipinski definition) is 3. The number of rotatable bonds is 14. The van der Waals surface area contributed by atoms with Gasteiger partial charge in [-0.1, -0.05) is 103 Å². The second-order valence-electron chi connectivity index (χ2n) is 21.8. The minimum atomic E-state index is -1.45. The van der Waals surface area contributed by atoms with Crippen LogP contribution < -0.4 is 16.0 Å². The van der Waals surface area contributed by atoms with Crippen LogP contribution in [0.5, 0.6) is 0 Å². The normalized spacial score (nSPS) is 25.0. The summed E-state index contributed by atoms with van der Waals surface area (Å²) < 4.78 is 23.5. The predicted molar refractivity (Wildman–Crippen MR) is 292 cm³/mol. The Bertz CT molecular complexity index is 2220. The summed E-state index contributed by atoms with van der Waals surface area (Å²) in [5.74, 6) is -6.40. The quantitative estimate of drug-likeness (QED) is 0.0876. The average Bonchev–Trinajstić information content (AvgIpc) is 3.36. The number of hydrogen-bond acceptors (Lipinski definition) is 13. The Labute approximate surface area is 452 Å². The Kier molecular flexibility index (Phi) is 26.9. The molecule has 1 aromatic carbocycles. The second-order valence-corrected chi connectivity index (χ2v) is 27.4. The zero-order valence-electron chi connectivity index (χ0n) is 48.3. The predicted octanol–water partition coefficient (Wildman–Crippen LogP) is 5.72. The zero-order valence-corrected chi connectivity index (χ0v) is 49.3. The molecule has 76 heavy (non-hydrogen) atoms. The molecule has 1 aliphatic rings. The van der Waals surface area contributed by atoms with E-state index in [9.17, 15) is 43.2 Å². The molecule has 0 spiro atoms. The van der Waals surface area contributed by atoms with Crippen molar-refractivity contribution in [3.8, 4) is 0 Å². The van der Waals surface area contributed by atoms with E-state index >= 15 is 0 Å². The third-order valence-electron chi connectivity index (χ3n) is 13.5. The molecule has 0 radical (unpaired) electrons. The number of amides is 7. The summed E-state index contributed by atoms with van der Waals surface area (Å²) in [5, 5.41) is 8.10. The summed E-state index contributed by atoms with van der Waals surface area (Å²) in [4.78, 5) is 130. The van der Waals surface area contributed by atoms with Gasteiger partial charge in [0.1, 0.15) is 36.4 Å². The van der Waals surface area contributed by atoms with E-state index in [4.69, 9.17) is 18.9 Å². The van der Waals surface area contributed by atoms with Crippen LogP contribution in [0.4, 0.5) is 9.59 Å². The SMILES string of the molecule is C/C=C(\C)[C@H]1OC(=O)[C@@H](C)NC(=O)[C@H](C(C)CC)NC(=O)CN(C)C(=O)[C@@H](Cc2ccccc2)N(C)C(=O)[C@H](C)NC(=O)[C@@H](CC(C)C)OC(=O)/C(C)=C/C[C@H](OC(=O)N(C)CCN(C)C(=O)OCC[Si](C)(C)C)[C@@H]1C. The maximum Gasteiger partial charge on any atom is 0.409 e. The summed E-state index contributed by atoms with van der Waals surface area (Å²) in [6.45, 7) is 23.3. The standard InChI is InChI=1S/C55H89N7O13Si/c1-18-35(5)46-49(65)57-40(10)53(69)75-47(36(6)19-2)38(8)43(74-55(71)60(12)28-27-59(11)54(70)72-29-30-76(15,16)17)26-25-37(7)52(68)73-44(31-34(3)4)48(64)56-39(9)50(66)62(14)42(32-41-23-21-20-22-24-41)51(67)61(13)33-45(63)58-46/h19-25,34-35,38-40,42-44,46-47H,18,26-33H2,1-17H3,(H,56,64)(H,57,65)(H,58,63)/b36-19+,37-25+/t35?,38-,39-,40+,42+,43-,44+,46-,47+/m0/s1. The van der Waals surface area contributed by atoms with E-state index in [1.165, 1.54) is 62.7 Å². The molecule has 0 bridgehead atoms. The number of nitrogens with one attached hydrogen (secondary N) is 3. The fourth-order valence-corrected chi connectivity index (χ4v) is 8.66. The van der Waals surface area contributed by atoms with E-state index in [2.05, 4.69) is 35.6 Å². The minimum Gasteiger partial charge on any atom is -0.456 e. The van der Waals surface area contributed by atoms with Crippen molar-refractivity contribution in [2.75, 3.05) is 54.4 Å². The highest BCUT2D eigenvalue weighted by Gasteiger charge is 2.38. The van der Waals surface area contributed by atoms with Gasteiger partial charge in [0.25, 0.3) is 5.91 Å². The molecule has 0 saturated carbocycles. The van der Waals surface area contributed by atoms with Gasteiger partial charge in [-0.25, -0.2) is 19.2 Å². The molecule has 1 aliphatic heterocycles. The van der Waals surface area contributed by atoms with Crippen LogP contribution in [0, 0.1) is 17.8 Å². The van der Waals surface area contributed by atoms with E-state index in [1.807, 2.05) is 20.8 Å². The summed E-state index contributed by atoms with van der Waals surface area (Å²) in [6, 6.07) is 5.02. The van der Waals surface area contributed by atoms with Gasteiger partial charge in [-0.05, 0) is 70.1 Å². The summed E-state index contributed by atoms with van der Waals surface area (Å²) in [5.41, 5.74) is 1.35. The number of allylic oxidation sites excluding steroid dienone is 1. The lowest BCUT2D eigenvalue weighted by molar-refractivity contribution is -0.155. The maximum absolute atomic E-state index is 14.3. The molecule has 0 saturated heterocycles. The van der Waals surface area contributed by atoms with Crippen molar-refractivity contribution in [1.82, 2.24) is 35.6 Å². The number of carbonyl (C=O) groups excluding carboxylic acids is 9. The third-order valence-corrected chi connectivity index (χ3v) is 15.2. The second kappa shape index (κ2) is 31.1. The molecule has 9 atom stereocenters. The molecule has 0 aromatic heterocycles. The maximum atomic E-state index is 14.3. The Morgan fingerprint density at radius 3 is 2.01 bits per heavy atom. The van der Waals surface area contributed by atoms with Gasteiger partial charge >= 0.3 is 24.1 Å². The van der Waals surface area contributed by atoms with Gasteiger partial charge in [0.2, 0.25) is 23.6 Å². The summed E-state index contributed by atoms with van der Waals surface area (Å²) in [7, 11) is 4.44. The van der Waals surface area contributed by atoms with Crippen molar-refractivity contribution < 1.29 is 62.1 Å². The topological polar surface area (TPSA) is 240 Å². The number of nitrogens with zero attached hydrogens (tertiary/aromatic N) is 4. The first-order valence-corrected chi connectivity index (χ1v) is 30.1. The highest BCUT2D eigenvalue weighted by molar-refractivity contribution is 6.76. The molecule has 0 aliphatic carbocycles. The first-order chi connectivity index (χ1) is 35.4. The van der Waals surface area contributed by atoms with Gasteiger partial charge in [0, 0.05) is 73.7 Å². The molecule has 7 amide bonds. The average molecular weight is 1080 g/mol. The van der Waals surface area contributed by atoms with Crippen molar-refractivity contribution >= 4 is 61.7 Å². The van der Waals surface area contributed by atoms with Crippen LogP contribution in [-0.4, -0.2) is 178 Å². The highest BCUT2D eigenvalue weighted by atomic mass is 28.3. The lowest BCUT2D eigenvalue weighted by atomic mass is 9.90. The first-order valence-electron chi connectivity index (χ1n) is 26.4. The summed E-state index contributed by atoms with van der Waals surface area (Å²) in [6.07, 6.45) is -1.05. The van der Waals surface area contributed by atoms with Gasteiger partial charge in [-0.2, -0.15) is 0 Å². The number of ether oxygens (including phenoxy) is 4. The Balaban J connectivity index is 2.69. The van der Waals surface area contributed by atoms with E-state index in [1.54, 1.807) is 71.2 Å². The van der Waals surface area contributed by atoms with Crippen molar-refractivity contribution in [3.05, 3.63) is 59.2 Å². The van der Waals surface area contributed by atoms with Crippen molar-refractivity contribution in [1.29, 1.82) is 0 Å². The van der Waals surface area contributed by atoms with Crippen LogP contribution in [0.3, 0.4) is 0 Å². The van der Waals surface area contributed by atoms with Crippen LogP contribution in [0.25, 0.3) is 0 Å². The molecule has 1 unspecified atom stereocenters. The van der Waals surface area contributed by atoms with E-state index in [0.717, 1.165) is 10.9 Å². The van der Waals surface area contributed by atoms with E-state index in [-0.39, 0.29) is 50.4 Å². The lowest BCUT2D eigenvalue weighted by Crippen LogP contribution is -2.57. The van der Waals surface area contributed by atoms with Gasteiger partial charge in [0.05, 0.1) is 13.2 Å². The van der Waals surface area contributed by atoms with Gasteiger partial charge in [-0.15, -0.1) is 0 Å². The molecule has 426 valence electrons. The molecular weight excluding hydrogens is 995 g/mol.